The molecule has 4 aliphatic carbocycles. The van der Waals surface area contributed by atoms with Crippen LogP contribution in [0.15, 0.2) is 30.3 Å². The predicted octanol–water partition coefficient (Wildman–Crippen LogP) is 5.16. The van der Waals surface area contributed by atoms with Crippen LogP contribution in [0.3, 0.4) is 0 Å². The Hall–Kier alpha value is -1.29. The van der Waals surface area contributed by atoms with Crippen molar-refractivity contribution in [1.29, 1.82) is 0 Å². The summed E-state index contributed by atoms with van der Waals surface area (Å²) in [6.07, 6.45) is 6.62. The second-order valence-corrected chi connectivity index (χ2v) is 10.8. The zero-order valence-corrected chi connectivity index (χ0v) is 17.3. The average molecular weight is 402 g/mol. The van der Waals surface area contributed by atoms with Crippen LogP contribution in [-0.2, 0) is 10.2 Å². The smallest absolute Gasteiger partial charge is 0.139 e. The van der Waals surface area contributed by atoms with E-state index in [2.05, 4.69) is 29.6 Å². The summed E-state index contributed by atoms with van der Waals surface area (Å²) in [6.45, 7) is 0.865. The number of alkyl halides is 2. The van der Waals surface area contributed by atoms with E-state index >= 15 is 0 Å². The summed E-state index contributed by atoms with van der Waals surface area (Å²) in [4.78, 5) is 13.7. The summed E-state index contributed by atoms with van der Waals surface area (Å²) in [5, 5.41) is 3.10. The maximum absolute atomic E-state index is 14.5. The van der Waals surface area contributed by atoms with Crippen molar-refractivity contribution in [3.8, 4) is 0 Å². The van der Waals surface area contributed by atoms with E-state index in [-0.39, 0.29) is 34.6 Å². The molecule has 4 heteroatoms. The van der Waals surface area contributed by atoms with Crippen LogP contribution in [0.4, 0.5) is 8.78 Å². The molecule has 1 aliphatic heterocycles. The molecule has 2 nitrogen and oxygen atoms in total. The number of Topliss-reactive ketones (excluding diaryl/α,β-unsaturated/α-hetero) is 1. The molecule has 1 aromatic rings. The van der Waals surface area contributed by atoms with E-state index in [0.29, 0.717) is 25.3 Å². The van der Waals surface area contributed by atoms with Crippen molar-refractivity contribution >= 4 is 5.78 Å². The summed E-state index contributed by atoms with van der Waals surface area (Å²) in [6, 6.07) is 10.6. The van der Waals surface area contributed by atoms with Crippen LogP contribution in [-0.4, -0.2) is 31.7 Å². The molecule has 6 rings (SSSR count). The highest BCUT2D eigenvalue weighted by molar-refractivity contribution is 5.86. The number of hydrogen-bond donors (Lipinski definition) is 1. The maximum atomic E-state index is 14.5. The Labute approximate surface area is 172 Å². The van der Waals surface area contributed by atoms with Gasteiger partial charge in [-0.1, -0.05) is 30.3 Å². The quantitative estimate of drug-likeness (QED) is 0.713. The monoisotopic (exact) mass is 401 g/mol. The van der Waals surface area contributed by atoms with Gasteiger partial charge in [0.2, 0.25) is 0 Å². The molecular formula is C25H33F2NO. The van der Waals surface area contributed by atoms with Crippen LogP contribution in [0.5, 0.6) is 0 Å². The van der Waals surface area contributed by atoms with E-state index in [4.69, 9.17) is 0 Å². The van der Waals surface area contributed by atoms with Crippen LogP contribution in [0, 0.1) is 22.7 Å². The summed E-state index contributed by atoms with van der Waals surface area (Å²) < 4.78 is 28.1. The van der Waals surface area contributed by atoms with Crippen molar-refractivity contribution in [3.05, 3.63) is 35.9 Å². The highest BCUT2D eigenvalue weighted by atomic mass is 19.1. The molecule has 0 amide bonds. The summed E-state index contributed by atoms with van der Waals surface area (Å²) in [7, 11) is 0. The number of nitrogens with one attached hydrogen (secondary N) is 1. The molecule has 0 aromatic heterocycles. The number of piperidine rings is 1. The number of carbonyl (C=O) groups excluding carboxylic acids is 1. The first kappa shape index (κ1) is 19.7. The highest BCUT2D eigenvalue weighted by Crippen LogP contribution is 2.71. The molecule has 0 spiro atoms. The molecule has 29 heavy (non-hydrogen) atoms. The fourth-order valence-corrected chi connectivity index (χ4v) is 8.10. The molecule has 5 fully saturated rings. The fourth-order valence-electron chi connectivity index (χ4n) is 8.10. The third-order valence-electron chi connectivity index (χ3n) is 8.78. The molecule has 1 aromatic carbocycles. The van der Waals surface area contributed by atoms with Gasteiger partial charge in [0.15, 0.2) is 0 Å². The molecule has 0 radical (unpaired) electrons. The normalized spacial score (nSPS) is 43.4. The van der Waals surface area contributed by atoms with Gasteiger partial charge >= 0.3 is 0 Å². The predicted molar refractivity (Wildman–Crippen MR) is 110 cm³/mol. The number of rotatable bonds is 6. The van der Waals surface area contributed by atoms with Gasteiger partial charge in [-0.25, -0.2) is 4.39 Å². The molecule has 6 atom stereocenters. The second kappa shape index (κ2) is 7.14. The molecule has 4 saturated carbocycles. The zero-order chi connectivity index (χ0) is 20.1. The van der Waals surface area contributed by atoms with Crippen molar-refractivity contribution in [3.63, 3.8) is 0 Å². The molecule has 1 heterocycles. The Kier molecular flexibility index (Phi) is 4.84. The van der Waals surface area contributed by atoms with Gasteiger partial charge in [-0.3, -0.25) is 9.18 Å². The van der Waals surface area contributed by atoms with Crippen LogP contribution < -0.4 is 5.32 Å². The van der Waals surface area contributed by atoms with E-state index in [1.165, 1.54) is 5.56 Å². The van der Waals surface area contributed by atoms with E-state index in [9.17, 15) is 13.6 Å². The van der Waals surface area contributed by atoms with Gasteiger partial charge in [-0.05, 0) is 86.1 Å². The molecule has 2 unspecified atom stereocenters. The fraction of sp³-hybridized carbons (Fsp3) is 0.720. The Morgan fingerprint density at radius 1 is 1.10 bits per heavy atom. The first-order valence-corrected chi connectivity index (χ1v) is 11.5. The van der Waals surface area contributed by atoms with Crippen molar-refractivity contribution < 1.29 is 13.6 Å². The van der Waals surface area contributed by atoms with Gasteiger partial charge < -0.3 is 5.32 Å². The molecule has 4 bridgehead atoms. The lowest BCUT2D eigenvalue weighted by Gasteiger charge is -2.66. The van der Waals surface area contributed by atoms with Crippen molar-refractivity contribution in [1.82, 2.24) is 5.32 Å². The van der Waals surface area contributed by atoms with Gasteiger partial charge in [0.25, 0.3) is 0 Å². The topological polar surface area (TPSA) is 29.1 Å². The Morgan fingerprint density at radius 2 is 1.93 bits per heavy atom. The summed E-state index contributed by atoms with van der Waals surface area (Å²) in [5.41, 5.74) is 0.905. The molecular weight excluding hydrogens is 368 g/mol. The number of benzene rings is 1. The second-order valence-electron chi connectivity index (χ2n) is 10.8. The molecule has 1 saturated heterocycles. The van der Waals surface area contributed by atoms with E-state index in [1.54, 1.807) is 0 Å². The van der Waals surface area contributed by atoms with Gasteiger partial charge in [0.1, 0.15) is 12.0 Å². The lowest BCUT2D eigenvalue weighted by molar-refractivity contribution is -0.163. The molecule has 158 valence electrons. The Morgan fingerprint density at radius 3 is 2.69 bits per heavy atom. The van der Waals surface area contributed by atoms with Gasteiger partial charge in [0.05, 0.1) is 6.67 Å². The van der Waals surface area contributed by atoms with Crippen LogP contribution >= 0.6 is 0 Å². The lowest BCUT2D eigenvalue weighted by Crippen LogP contribution is -2.61. The van der Waals surface area contributed by atoms with Crippen LogP contribution in [0.2, 0.25) is 0 Å². The number of hydrogen-bond acceptors (Lipinski definition) is 2. The average Bonchev–Trinajstić information content (AvgIpc) is 2.69. The minimum Gasteiger partial charge on any atom is -0.314 e. The Bertz CT molecular complexity index is 769. The van der Waals surface area contributed by atoms with Gasteiger partial charge in [-0.2, -0.15) is 0 Å². The number of carbonyl (C=O) groups is 1. The van der Waals surface area contributed by atoms with Gasteiger partial charge in [0, 0.05) is 18.4 Å². The van der Waals surface area contributed by atoms with E-state index < -0.39 is 6.17 Å². The maximum Gasteiger partial charge on any atom is 0.139 e. The van der Waals surface area contributed by atoms with Crippen LogP contribution in [0.25, 0.3) is 0 Å². The number of halogens is 2. The van der Waals surface area contributed by atoms with Crippen molar-refractivity contribution in [2.45, 2.75) is 69.4 Å². The minimum absolute atomic E-state index is 0.00522. The first-order chi connectivity index (χ1) is 14.0. The molecule has 5 aliphatic rings. The van der Waals surface area contributed by atoms with Crippen molar-refractivity contribution in [2.75, 3.05) is 19.8 Å². The lowest BCUT2D eigenvalue weighted by atomic mass is 9.37. The van der Waals surface area contributed by atoms with Crippen LogP contribution in [0.1, 0.15) is 63.4 Å². The first-order valence-electron chi connectivity index (χ1n) is 11.5. The van der Waals surface area contributed by atoms with Gasteiger partial charge in [-0.15, -0.1) is 0 Å². The third-order valence-corrected chi connectivity index (χ3v) is 8.78. The summed E-state index contributed by atoms with van der Waals surface area (Å²) >= 11 is 0. The van der Waals surface area contributed by atoms with E-state index in [0.717, 1.165) is 51.5 Å². The largest absolute Gasteiger partial charge is 0.314 e. The highest BCUT2D eigenvalue weighted by Gasteiger charge is 2.65. The van der Waals surface area contributed by atoms with E-state index in [1.807, 2.05) is 6.07 Å². The Balaban J connectivity index is 1.48. The minimum atomic E-state index is -0.926. The standard InChI is InChI=1S/C25H33F2NO/c26-8-7-23-11-18-12-24(15-23,20-4-2-1-3-5-20)17-25(13-18,16-23)22(29)10-19-6-9-28-14-21(19)27/h1-5,18-19,21,28H,6-17H2/t18?,19-,21+,23+,24+,25?/m0/s1. The SMILES string of the molecule is O=C(C[C@@H]1CCNC[C@H]1F)C12CC3C[C@@](CCF)(C1)C[C@](c1ccccc1)(C3)C2. The third kappa shape index (κ3) is 3.26. The number of ketones is 1. The summed E-state index contributed by atoms with van der Waals surface area (Å²) in [5.74, 6) is 0.623. The zero-order valence-electron chi connectivity index (χ0n) is 17.3. The van der Waals surface area contributed by atoms with Crippen molar-refractivity contribution in [2.24, 2.45) is 22.7 Å². The molecule has 1 N–H and O–H groups in total.